The highest BCUT2D eigenvalue weighted by atomic mass is 35.5. The number of benzene rings is 3. The molecule has 0 atom stereocenters. The van der Waals surface area contributed by atoms with Crippen molar-refractivity contribution >= 4 is 40.8 Å². The van der Waals surface area contributed by atoms with Gasteiger partial charge in [0, 0.05) is 23.3 Å². The van der Waals surface area contributed by atoms with Crippen LogP contribution in [-0.2, 0) is 9.53 Å². The predicted octanol–water partition coefficient (Wildman–Crippen LogP) is 4.41. The van der Waals surface area contributed by atoms with Gasteiger partial charge in [-0.25, -0.2) is 4.79 Å². The Morgan fingerprint density at radius 3 is 2.23 bits per heavy atom. The summed E-state index contributed by atoms with van der Waals surface area (Å²) >= 11 is 5.84. The Labute approximate surface area is 179 Å². The summed E-state index contributed by atoms with van der Waals surface area (Å²) < 4.78 is 5.18. The number of halogens is 1. The minimum absolute atomic E-state index is 0.148. The monoisotopic (exact) mass is 422 g/mol. The van der Waals surface area contributed by atoms with Gasteiger partial charge in [-0.05, 0) is 48.5 Å². The number of nitrogens with zero attached hydrogens (tertiary/aromatic N) is 1. The van der Waals surface area contributed by atoms with Crippen molar-refractivity contribution in [2.45, 2.75) is 0 Å². The van der Waals surface area contributed by atoms with Crippen LogP contribution in [-0.4, -0.2) is 31.4 Å². The van der Waals surface area contributed by atoms with Gasteiger partial charge in [0.25, 0.3) is 11.8 Å². The molecule has 0 spiro atoms. The predicted molar refractivity (Wildman–Crippen MR) is 116 cm³/mol. The first-order chi connectivity index (χ1) is 14.5. The lowest BCUT2D eigenvalue weighted by atomic mass is 10.1. The third-order valence-electron chi connectivity index (χ3n) is 4.35. The Hall–Kier alpha value is -3.64. The second kappa shape index (κ2) is 9.71. The van der Waals surface area contributed by atoms with Crippen LogP contribution in [0.4, 0.5) is 11.4 Å². The smallest absolute Gasteiger partial charge is 0.340 e. The summed E-state index contributed by atoms with van der Waals surface area (Å²) in [5.74, 6) is -1.49. The van der Waals surface area contributed by atoms with Crippen molar-refractivity contribution in [3.05, 3.63) is 95.0 Å². The average Bonchev–Trinajstić information content (AvgIpc) is 2.78. The normalized spacial score (nSPS) is 10.2. The van der Waals surface area contributed by atoms with Crippen molar-refractivity contribution in [2.75, 3.05) is 23.9 Å². The first-order valence-electron chi connectivity index (χ1n) is 9.10. The van der Waals surface area contributed by atoms with Crippen molar-refractivity contribution in [2.24, 2.45) is 0 Å². The molecule has 6 nitrogen and oxygen atoms in total. The highest BCUT2D eigenvalue weighted by Gasteiger charge is 2.18. The molecule has 152 valence electrons. The number of hydrogen-bond acceptors (Lipinski definition) is 4. The van der Waals surface area contributed by atoms with Crippen molar-refractivity contribution in [3.63, 3.8) is 0 Å². The fourth-order valence-electron chi connectivity index (χ4n) is 2.66. The first-order valence-corrected chi connectivity index (χ1v) is 9.48. The molecule has 7 heteroatoms. The molecule has 1 N–H and O–H groups in total. The van der Waals surface area contributed by atoms with E-state index in [1.165, 1.54) is 11.0 Å². The number of carbonyl (C=O) groups excluding carboxylic acids is 3. The number of ether oxygens (including phenoxy) is 1. The van der Waals surface area contributed by atoms with Gasteiger partial charge in [-0.2, -0.15) is 0 Å². The third kappa shape index (κ3) is 5.24. The van der Waals surface area contributed by atoms with Crippen LogP contribution in [0.1, 0.15) is 20.7 Å². The number of rotatable bonds is 6. The van der Waals surface area contributed by atoms with Gasteiger partial charge < -0.3 is 15.0 Å². The number of carbonyl (C=O) groups is 3. The van der Waals surface area contributed by atoms with E-state index in [4.69, 9.17) is 16.3 Å². The van der Waals surface area contributed by atoms with Crippen LogP contribution in [0.15, 0.2) is 78.9 Å². The molecule has 0 aliphatic rings. The van der Waals surface area contributed by atoms with Crippen LogP contribution < -0.4 is 10.2 Å². The Kier molecular flexibility index (Phi) is 6.83. The molecule has 0 saturated carbocycles. The summed E-state index contributed by atoms with van der Waals surface area (Å²) in [5, 5.41) is 3.20. The van der Waals surface area contributed by atoms with Crippen LogP contribution in [0.2, 0.25) is 5.02 Å². The number of para-hydroxylation sites is 2. The number of nitrogens with one attached hydrogen (secondary N) is 1. The van der Waals surface area contributed by atoms with Crippen molar-refractivity contribution in [1.82, 2.24) is 0 Å². The lowest BCUT2D eigenvalue weighted by Gasteiger charge is -2.17. The molecular weight excluding hydrogens is 404 g/mol. The quantitative estimate of drug-likeness (QED) is 0.597. The van der Waals surface area contributed by atoms with Gasteiger partial charge in [0.1, 0.15) is 0 Å². The number of amides is 2. The highest BCUT2D eigenvalue weighted by molar-refractivity contribution is 6.30. The molecule has 3 aromatic rings. The maximum absolute atomic E-state index is 12.5. The fourth-order valence-corrected chi connectivity index (χ4v) is 2.79. The molecule has 0 radical (unpaired) electrons. The zero-order valence-electron chi connectivity index (χ0n) is 16.2. The zero-order chi connectivity index (χ0) is 21.5. The van der Waals surface area contributed by atoms with Gasteiger partial charge in [-0.15, -0.1) is 0 Å². The molecule has 3 rings (SSSR count). The molecule has 2 amide bonds. The van der Waals surface area contributed by atoms with Gasteiger partial charge in [0.2, 0.25) is 0 Å². The van der Waals surface area contributed by atoms with Crippen LogP contribution in [0.25, 0.3) is 0 Å². The topological polar surface area (TPSA) is 75.7 Å². The largest absolute Gasteiger partial charge is 0.452 e. The SMILES string of the molecule is CN(C(=O)COC(=O)c1ccccc1NC(=O)c1ccc(Cl)cc1)c1ccccc1. The molecule has 3 aromatic carbocycles. The lowest BCUT2D eigenvalue weighted by molar-refractivity contribution is -0.121. The van der Waals surface area contributed by atoms with E-state index in [9.17, 15) is 14.4 Å². The van der Waals surface area contributed by atoms with E-state index in [-0.39, 0.29) is 17.2 Å². The molecule has 0 heterocycles. The van der Waals surface area contributed by atoms with E-state index in [1.807, 2.05) is 18.2 Å². The summed E-state index contributed by atoms with van der Waals surface area (Å²) in [6, 6.07) is 21.8. The second-order valence-electron chi connectivity index (χ2n) is 6.37. The van der Waals surface area contributed by atoms with E-state index < -0.39 is 18.5 Å². The fraction of sp³-hybridized carbons (Fsp3) is 0.0870. The summed E-state index contributed by atoms with van der Waals surface area (Å²) in [6.45, 7) is -0.427. The van der Waals surface area contributed by atoms with Crippen molar-refractivity contribution < 1.29 is 19.1 Å². The number of likely N-dealkylation sites (N-methyl/N-ethyl adjacent to an activating group) is 1. The molecule has 0 aliphatic heterocycles. The molecule has 0 unspecified atom stereocenters. The Balaban J connectivity index is 1.66. The van der Waals surface area contributed by atoms with Gasteiger partial charge in [0.15, 0.2) is 6.61 Å². The molecule has 0 aliphatic carbocycles. The summed E-state index contributed by atoms with van der Waals surface area (Å²) in [4.78, 5) is 38.7. The van der Waals surface area contributed by atoms with Crippen molar-refractivity contribution in [3.8, 4) is 0 Å². The molecule has 0 saturated heterocycles. The van der Waals surface area contributed by atoms with E-state index in [0.717, 1.165) is 0 Å². The third-order valence-corrected chi connectivity index (χ3v) is 4.60. The first kappa shape index (κ1) is 21.1. The van der Waals surface area contributed by atoms with Crippen LogP contribution in [0.3, 0.4) is 0 Å². The van der Waals surface area contributed by atoms with Crippen LogP contribution >= 0.6 is 11.6 Å². The average molecular weight is 423 g/mol. The van der Waals surface area contributed by atoms with Gasteiger partial charge in [-0.1, -0.05) is 41.9 Å². The highest BCUT2D eigenvalue weighted by Crippen LogP contribution is 2.19. The summed E-state index contributed by atoms with van der Waals surface area (Å²) in [7, 11) is 1.60. The van der Waals surface area contributed by atoms with E-state index in [1.54, 1.807) is 61.6 Å². The van der Waals surface area contributed by atoms with Gasteiger partial charge in [0.05, 0.1) is 11.3 Å². The lowest BCUT2D eigenvalue weighted by Crippen LogP contribution is -2.31. The van der Waals surface area contributed by atoms with Crippen LogP contribution in [0, 0.1) is 0 Å². The molecule has 30 heavy (non-hydrogen) atoms. The maximum atomic E-state index is 12.5. The standard InChI is InChI=1S/C23H19ClN2O4/c1-26(18-7-3-2-4-8-18)21(27)15-30-23(29)19-9-5-6-10-20(19)25-22(28)16-11-13-17(24)14-12-16/h2-14H,15H2,1H3,(H,25,28). The summed E-state index contributed by atoms with van der Waals surface area (Å²) in [6.07, 6.45) is 0. The second-order valence-corrected chi connectivity index (χ2v) is 6.81. The molecule has 0 fully saturated rings. The van der Waals surface area contributed by atoms with Gasteiger partial charge in [-0.3, -0.25) is 9.59 Å². The minimum Gasteiger partial charge on any atom is -0.452 e. The number of esters is 1. The Morgan fingerprint density at radius 1 is 0.900 bits per heavy atom. The number of anilines is 2. The Morgan fingerprint density at radius 2 is 1.53 bits per heavy atom. The summed E-state index contributed by atoms with van der Waals surface area (Å²) in [5.41, 5.74) is 1.51. The van der Waals surface area contributed by atoms with E-state index in [2.05, 4.69) is 5.32 Å². The Bertz CT molecular complexity index is 1050. The number of hydrogen-bond donors (Lipinski definition) is 1. The molecule has 0 aromatic heterocycles. The molecule has 0 bridgehead atoms. The minimum atomic E-state index is -0.711. The van der Waals surface area contributed by atoms with E-state index >= 15 is 0 Å². The molecular formula is C23H19ClN2O4. The zero-order valence-corrected chi connectivity index (χ0v) is 16.9. The van der Waals surface area contributed by atoms with Crippen molar-refractivity contribution in [1.29, 1.82) is 0 Å². The van der Waals surface area contributed by atoms with Crippen LogP contribution in [0.5, 0.6) is 0 Å². The maximum Gasteiger partial charge on any atom is 0.340 e. The van der Waals surface area contributed by atoms with E-state index in [0.29, 0.717) is 16.3 Å². The van der Waals surface area contributed by atoms with Gasteiger partial charge >= 0.3 is 5.97 Å².